The minimum atomic E-state index is -2.90. The molecular weight excluding hydrogens is 619 g/mol. The van der Waals surface area contributed by atoms with E-state index in [2.05, 4.69) is 41.4 Å². The Morgan fingerprint density at radius 3 is 2.56 bits per heavy atom. The number of halogens is 3. The van der Waals surface area contributed by atoms with Crippen LogP contribution in [0.15, 0.2) is 36.4 Å². The lowest BCUT2D eigenvalue weighted by atomic mass is 9.62. The fraction of sp³-hybridized carbons (Fsp3) is 0.533. The second-order valence-electron chi connectivity index (χ2n) is 13.2. The molecule has 4 N–H and O–H groups in total. The van der Waals surface area contributed by atoms with E-state index in [-0.39, 0.29) is 33.9 Å². The van der Waals surface area contributed by atoms with Gasteiger partial charge in [-0.05, 0) is 73.8 Å². The Bertz CT molecular complexity index is 1450. The maximum absolute atomic E-state index is 15.9. The van der Waals surface area contributed by atoms with Crippen LogP contribution in [0.25, 0.3) is 0 Å². The summed E-state index contributed by atoms with van der Waals surface area (Å²) in [6.07, 6.45) is 2.50. The van der Waals surface area contributed by atoms with Crippen molar-refractivity contribution < 1.29 is 33.0 Å². The van der Waals surface area contributed by atoms with Crippen LogP contribution >= 0.6 is 31.5 Å². The van der Waals surface area contributed by atoms with Crippen LogP contribution in [0, 0.1) is 11.2 Å². The Kier molecular flexibility index (Phi) is 8.97. The average molecular weight is 656 g/mol. The Balaban J connectivity index is 1.54. The zero-order valence-electron chi connectivity index (χ0n) is 24.4. The number of carbonyl (C=O) groups is 2. The normalized spacial score (nSPS) is 30.7. The van der Waals surface area contributed by atoms with Crippen LogP contribution < -0.4 is 16.0 Å². The molecule has 2 aromatic rings. The molecule has 232 valence electrons. The topological polar surface area (TPSA) is 126 Å². The second-order valence-corrected chi connectivity index (χ2v) is 14.7. The van der Waals surface area contributed by atoms with Gasteiger partial charge in [-0.25, -0.2) is 4.39 Å². The van der Waals surface area contributed by atoms with Gasteiger partial charge in [0.15, 0.2) is 0 Å². The molecule has 1 spiro atoms. The largest absolute Gasteiger partial charge is 0.726 e. The third-order valence-corrected chi connectivity index (χ3v) is 9.64. The van der Waals surface area contributed by atoms with Crippen molar-refractivity contribution in [1.29, 1.82) is 0 Å². The summed E-state index contributed by atoms with van der Waals surface area (Å²) < 4.78 is 31.4. The molecule has 1 saturated carbocycles. The van der Waals surface area contributed by atoms with Gasteiger partial charge in [-0.3, -0.25) is 9.59 Å². The number of nitrogens with one attached hydrogen (secondary N) is 3. The number of rotatable bonds is 7. The zero-order chi connectivity index (χ0) is 31.3. The van der Waals surface area contributed by atoms with Gasteiger partial charge in [-0.2, -0.15) is 4.89 Å². The number of fused-ring (bicyclic) bond motifs is 2. The van der Waals surface area contributed by atoms with Crippen molar-refractivity contribution in [2.75, 3.05) is 5.32 Å². The molecule has 2 amide bonds. The predicted molar refractivity (Wildman–Crippen MR) is 161 cm³/mol. The number of anilines is 1. The third kappa shape index (κ3) is 6.21. The molecule has 2 fully saturated rings. The Labute approximate surface area is 261 Å². The molecule has 2 heterocycles. The summed E-state index contributed by atoms with van der Waals surface area (Å²) in [6, 6.07) is 8.08. The molecule has 43 heavy (non-hydrogen) atoms. The molecule has 2 aliphatic heterocycles. The monoisotopic (exact) mass is 654 g/mol. The van der Waals surface area contributed by atoms with Gasteiger partial charge >= 0.3 is 8.25 Å². The van der Waals surface area contributed by atoms with Gasteiger partial charge in [0.05, 0.1) is 15.7 Å². The molecule has 1 aliphatic carbocycles. The molecule has 5 rings (SSSR count). The number of hydrogen-bond donors (Lipinski definition) is 4. The molecule has 5 atom stereocenters. The van der Waals surface area contributed by atoms with Gasteiger partial charge in [-0.1, -0.05) is 62.2 Å². The van der Waals surface area contributed by atoms with Gasteiger partial charge in [0.2, 0.25) is 11.8 Å². The molecule has 3 aliphatic rings. The maximum atomic E-state index is 15.9. The van der Waals surface area contributed by atoms with Crippen LogP contribution in [-0.4, -0.2) is 40.4 Å². The first-order chi connectivity index (χ1) is 20.1. The molecule has 1 saturated heterocycles. The highest BCUT2D eigenvalue weighted by atomic mass is 35.5. The van der Waals surface area contributed by atoms with Crippen molar-refractivity contribution in [2.24, 2.45) is 5.41 Å². The van der Waals surface area contributed by atoms with E-state index in [1.165, 1.54) is 6.07 Å². The molecule has 2 aromatic carbocycles. The highest BCUT2D eigenvalue weighted by molar-refractivity contribution is 7.31. The zero-order valence-corrected chi connectivity index (χ0v) is 26.8. The number of amides is 2. The van der Waals surface area contributed by atoms with Crippen molar-refractivity contribution in [3.8, 4) is 0 Å². The SMILES string of the molecule is CC(C)(C)C[C@H]1N[C@@H](C(=O)NC2CCC(C)(OO[P+](=O)O)CC2)[C@H](c2cccc(Cl)c2F)[C@@]12C(=O)Nc1cc(Cl)ccc12. The number of carbonyl (C=O) groups excluding carboxylic acids is 2. The fourth-order valence-corrected chi connectivity index (χ4v) is 7.62. The van der Waals surface area contributed by atoms with Crippen molar-refractivity contribution >= 4 is 49.0 Å². The quantitative estimate of drug-likeness (QED) is 0.157. The molecule has 0 radical (unpaired) electrons. The van der Waals surface area contributed by atoms with E-state index >= 15 is 4.39 Å². The van der Waals surface area contributed by atoms with E-state index in [0.717, 1.165) is 0 Å². The molecule has 1 unspecified atom stereocenters. The van der Waals surface area contributed by atoms with Crippen LogP contribution in [0.1, 0.15) is 76.8 Å². The minimum Gasteiger partial charge on any atom is -0.352 e. The van der Waals surface area contributed by atoms with Gasteiger partial charge in [-0.15, -0.1) is 4.89 Å². The standard InChI is InChI=1S/C30H35Cl2FN3O6P/c1-28(2,3)15-22-30(19-9-8-16(31)14-21(19)35-27(30)38)23(18-6-5-7-20(32)24(18)33)25(36-22)26(37)34-17-10-12-29(4,13-11-17)41-42-43(39)40/h5-9,14,17,22-23,25,36H,10-13,15H2,1-4H3,(H2-,34,35,37,38,39,40)/p+1/t17?,22-,23+,25-,29?,30+/m1/s1. The first-order valence-corrected chi connectivity index (χ1v) is 16.2. The molecule has 0 aromatic heterocycles. The van der Waals surface area contributed by atoms with E-state index in [0.29, 0.717) is 48.4 Å². The lowest BCUT2D eigenvalue weighted by Crippen LogP contribution is -2.50. The Morgan fingerprint density at radius 2 is 1.91 bits per heavy atom. The average Bonchev–Trinajstić information content (AvgIpc) is 3.39. The molecule has 9 nitrogen and oxygen atoms in total. The number of benzene rings is 2. The first-order valence-electron chi connectivity index (χ1n) is 14.3. The first kappa shape index (κ1) is 32.2. The van der Waals surface area contributed by atoms with Gasteiger partial charge < -0.3 is 16.0 Å². The summed E-state index contributed by atoms with van der Waals surface area (Å²) in [5.41, 5.74) is -1.01. The maximum Gasteiger partial charge on any atom is 0.726 e. The van der Waals surface area contributed by atoms with Crippen molar-refractivity contribution in [3.63, 3.8) is 0 Å². The van der Waals surface area contributed by atoms with Gasteiger partial charge in [0.1, 0.15) is 16.8 Å². The van der Waals surface area contributed by atoms with Crippen molar-refractivity contribution in [2.45, 2.75) is 94.9 Å². The van der Waals surface area contributed by atoms with E-state index < -0.39 is 43.1 Å². The lowest BCUT2D eigenvalue weighted by Gasteiger charge is -2.38. The Hall–Kier alpha value is -2.17. The van der Waals surface area contributed by atoms with Crippen LogP contribution in [0.3, 0.4) is 0 Å². The lowest BCUT2D eigenvalue weighted by molar-refractivity contribution is -0.296. The fourth-order valence-electron chi connectivity index (χ4n) is 7.02. The van der Waals surface area contributed by atoms with Crippen LogP contribution in [0.5, 0.6) is 0 Å². The van der Waals surface area contributed by atoms with Crippen LogP contribution in [0.2, 0.25) is 10.0 Å². The molecule has 13 heteroatoms. The van der Waals surface area contributed by atoms with Crippen LogP contribution in [0.4, 0.5) is 10.1 Å². The van der Waals surface area contributed by atoms with Crippen molar-refractivity contribution in [1.82, 2.24) is 10.6 Å². The summed E-state index contributed by atoms with van der Waals surface area (Å²) in [6.45, 7) is 7.94. The summed E-state index contributed by atoms with van der Waals surface area (Å²) in [5, 5.41) is 9.92. The third-order valence-electron chi connectivity index (χ3n) is 8.91. The minimum absolute atomic E-state index is 0.0979. The summed E-state index contributed by atoms with van der Waals surface area (Å²) in [4.78, 5) is 42.6. The summed E-state index contributed by atoms with van der Waals surface area (Å²) in [5.74, 6) is -2.31. The molecule has 0 bridgehead atoms. The highest BCUT2D eigenvalue weighted by Crippen LogP contribution is 2.57. The second kappa shape index (κ2) is 12.0. The summed E-state index contributed by atoms with van der Waals surface area (Å²) in [7, 11) is -2.90. The van der Waals surface area contributed by atoms with Gasteiger partial charge in [0, 0.05) is 33.3 Å². The molecular formula is C30H36Cl2FN3O6P+. The summed E-state index contributed by atoms with van der Waals surface area (Å²) >= 11 is 12.6. The van der Waals surface area contributed by atoms with Crippen LogP contribution in [-0.2, 0) is 29.1 Å². The predicted octanol–water partition coefficient (Wildman–Crippen LogP) is 6.30. The van der Waals surface area contributed by atoms with E-state index in [1.807, 2.05) is 0 Å². The van der Waals surface area contributed by atoms with E-state index in [1.54, 1.807) is 37.3 Å². The van der Waals surface area contributed by atoms with E-state index in [4.69, 9.17) is 33.0 Å². The smallest absolute Gasteiger partial charge is 0.352 e. The van der Waals surface area contributed by atoms with Gasteiger partial charge in [0.25, 0.3) is 0 Å². The highest BCUT2D eigenvalue weighted by Gasteiger charge is 2.66. The Morgan fingerprint density at radius 1 is 1.21 bits per heavy atom. The number of hydrogen-bond acceptors (Lipinski definition) is 6. The van der Waals surface area contributed by atoms with E-state index in [9.17, 15) is 14.2 Å². The van der Waals surface area contributed by atoms with Crippen molar-refractivity contribution in [3.05, 3.63) is 63.4 Å².